The lowest BCUT2D eigenvalue weighted by Gasteiger charge is -2.23. The number of likely N-dealkylation sites (N-methyl/N-ethyl adjacent to an activating group) is 1. The SMILES string of the molecule is COC(=O)CN(C)C(=O)C(CCC(=O)O)NC(=O)OCC1c2ccccc2-c2ccccc21. The van der Waals surface area contributed by atoms with E-state index < -0.39 is 30.0 Å². The minimum atomic E-state index is -1.16. The Bertz CT molecular complexity index is 1010. The van der Waals surface area contributed by atoms with E-state index >= 15 is 0 Å². The molecule has 1 atom stereocenters. The van der Waals surface area contributed by atoms with Crippen LogP contribution in [0.3, 0.4) is 0 Å². The normalized spacial score (nSPS) is 12.8. The number of esters is 1. The molecule has 2 aromatic carbocycles. The quantitative estimate of drug-likeness (QED) is 0.558. The molecule has 0 bridgehead atoms. The fourth-order valence-corrected chi connectivity index (χ4v) is 3.91. The minimum Gasteiger partial charge on any atom is -0.481 e. The molecule has 2 aromatic rings. The fraction of sp³-hybridized carbons (Fsp3) is 0.333. The maximum absolute atomic E-state index is 12.7. The highest BCUT2D eigenvalue weighted by atomic mass is 16.5. The number of hydrogen-bond acceptors (Lipinski definition) is 6. The Balaban J connectivity index is 1.67. The molecule has 33 heavy (non-hydrogen) atoms. The average molecular weight is 454 g/mol. The summed E-state index contributed by atoms with van der Waals surface area (Å²) in [4.78, 5) is 48.8. The van der Waals surface area contributed by atoms with E-state index in [9.17, 15) is 19.2 Å². The van der Waals surface area contributed by atoms with Crippen molar-refractivity contribution in [3.8, 4) is 11.1 Å². The standard InChI is InChI=1S/C24H26N2O7/c1-26(13-22(29)32-2)23(30)20(11-12-21(27)28)25-24(31)33-14-19-17-9-5-3-7-15(17)16-8-4-6-10-18(16)19/h3-10,19-20H,11-14H2,1-2H3,(H,25,31)(H,27,28). The Hall–Kier alpha value is -3.88. The molecule has 174 valence electrons. The average Bonchev–Trinajstić information content (AvgIpc) is 3.13. The van der Waals surface area contributed by atoms with Crippen LogP contribution in [0.4, 0.5) is 4.79 Å². The van der Waals surface area contributed by atoms with Crippen molar-refractivity contribution in [2.45, 2.75) is 24.8 Å². The molecule has 2 N–H and O–H groups in total. The number of amides is 2. The Kier molecular flexibility index (Phi) is 7.66. The van der Waals surface area contributed by atoms with Crippen LogP contribution in [0.15, 0.2) is 48.5 Å². The van der Waals surface area contributed by atoms with Gasteiger partial charge in [-0.25, -0.2) is 4.79 Å². The van der Waals surface area contributed by atoms with Gasteiger partial charge in [-0.05, 0) is 28.7 Å². The monoisotopic (exact) mass is 454 g/mol. The molecule has 0 saturated heterocycles. The lowest BCUT2D eigenvalue weighted by molar-refractivity contribution is -0.147. The van der Waals surface area contributed by atoms with E-state index in [2.05, 4.69) is 10.1 Å². The molecule has 9 heteroatoms. The number of carbonyl (C=O) groups excluding carboxylic acids is 3. The van der Waals surface area contributed by atoms with Gasteiger partial charge in [-0.3, -0.25) is 14.4 Å². The highest BCUT2D eigenvalue weighted by Crippen LogP contribution is 2.44. The van der Waals surface area contributed by atoms with E-state index in [0.29, 0.717) is 0 Å². The Morgan fingerprint density at radius 3 is 2.15 bits per heavy atom. The number of hydrogen-bond donors (Lipinski definition) is 2. The number of fused-ring (bicyclic) bond motifs is 3. The summed E-state index contributed by atoms with van der Waals surface area (Å²) in [6.07, 6.45) is -1.33. The van der Waals surface area contributed by atoms with E-state index in [1.54, 1.807) is 0 Å². The van der Waals surface area contributed by atoms with Gasteiger partial charge in [0.25, 0.3) is 0 Å². The molecule has 3 rings (SSSR count). The van der Waals surface area contributed by atoms with Crippen molar-refractivity contribution >= 4 is 23.9 Å². The van der Waals surface area contributed by atoms with Gasteiger partial charge in [0, 0.05) is 19.4 Å². The Labute approximate surface area is 191 Å². The highest BCUT2D eigenvalue weighted by Gasteiger charge is 2.30. The van der Waals surface area contributed by atoms with Gasteiger partial charge in [0.1, 0.15) is 19.2 Å². The van der Waals surface area contributed by atoms with Gasteiger partial charge in [-0.1, -0.05) is 48.5 Å². The molecule has 1 aliphatic rings. The summed E-state index contributed by atoms with van der Waals surface area (Å²) in [5.74, 6) is -2.52. The van der Waals surface area contributed by atoms with Gasteiger partial charge >= 0.3 is 18.0 Å². The maximum atomic E-state index is 12.7. The summed E-state index contributed by atoms with van der Waals surface area (Å²) in [6, 6.07) is 14.6. The van der Waals surface area contributed by atoms with E-state index in [1.165, 1.54) is 14.2 Å². The van der Waals surface area contributed by atoms with Gasteiger partial charge in [0.2, 0.25) is 5.91 Å². The molecule has 1 unspecified atom stereocenters. The van der Waals surface area contributed by atoms with Crippen molar-refractivity contribution in [3.05, 3.63) is 59.7 Å². The third-order valence-corrected chi connectivity index (χ3v) is 5.55. The molecule has 0 saturated carbocycles. The molecule has 0 spiro atoms. The summed E-state index contributed by atoms with van der Waals surface area (Å²) in [7, 11) is 2.56. The number of rotatable bonds is 9. The molecule has 0 aliphatic heterocycles. The number of alkyl carbamates (subject to hydrolysis) is 1. The molecule has 0 fully saturated rings. The van der Waals surface area contributed by atoms with Crippen LogP contribution >= 0.6 is 0 Å². The van der Waals surface area contributed by atoms with Crippen LogP contribution in [0.25, 0.3) is 11.1 Å². The third kappa shape index (κ3) is 5.68. The summed E-state index contributed by atoms with van der Waals surface area (Å²) < 4.78 is 9.99. The van der Waals surface area contributed by atoms with Gasteiger partial charge in [-0.2, -0.15) is 0 Å². The van der Waals surface area contributed by atoms with Crippen LogP contribution in [-0.4, -0.2) is 67.3 Å². The lowest BCUT2D eigenvalue weighted by atomic mass is 9.98. The Morgan fingerprint density at radius 1 is 1.03 bits per heavy atom. The topological polar surface area (TPSA) is 122 Å². The predicted octanol–water partition coefficient (Wildman–Crippen LogP) is 2.39. The zero-order valence-corrected chi connectivity index (χ0v) is 18.4. The van der Waals surface area contributed by atoms with Crippen LogP contribution in [-0.2, 0) is 23.9 Å². The number of aliphatic carboxylic acids is 1. The number of ether oxygens (including phenoxy) is 2. The number of nitrogens with one attached hydrogen (secondary N) is 1. The molecular formula is C24H26N2O7. The second-order valence-electron chi connectivity index (χ2n) is 7.73. The number of carboxylic acids is 1. The molecule has 1 aliphatic carbocycles. The smallest absolute Gasteiger partial charge is 0.407 e. The van der Waals surface area contributed by atoms with Crippen molar-refractivity contribution in [2.24, 2.45) is 0 Å². The van der Waals surface area contributed by atoms with Crippen LogP contribution in [0.2, 0.25) is 0 Å². The van der Waals surface area contributed by atoms with E-state index in [0.717, 1.165) is 27.2 Å². The third-order valence-electron chi connectivity index (χ3n) is 5.55. The number of benzene rings is 2. The van der Waals surface area contributed by atoms with Crippen molar-refractivity contribution in [1.82, 2.24) is 10.2 Å². The van der Waals surface area contributed by atoms with Crippen LogP contribution in [0, 0.1) is 0 Å². The molecule has 9 nitrogen and oxygen atoms in total. The molecule has 0 aromatic heterocycles. The fourth-order valence-electron chi connectivity index (χ4n) is 3.91. The maximum Gasteiger partial charge on any atom is 0.407 e. The second kappa shape index (κ2) is 10.6. The second-order valence-corrected chi connectivity index (χ2v) is 7.73. The first-order valence-electron chi connectivity index (χ1n) is 10.5. The van der Waals surface area contributed by atoms with E-state index in [-0.39, 0.29) is 31.9 Å². The van der Waals surface area contributed by atoms with Gasteiger partial charge in [-0.15, -0.1) is 0 Å². The number of carboxylic acid groups (broad SMARTS) is 1. The summed E-state index contributed by atoms with van der Waals surface area (Å²) in [5, 5.41) is 11.4. The van der Waals surface area contributed by atoms with Crippen molar-refractivity contribution in [2.75, 3.05) is 27.3 Å². The molecule has 2 amide bonds. The lowest BCUT2D eigenvalue weighted by Crippen LogP contribution is -2.49. The number of methoxy groups -OCH3 is 1. The number of carbonyl (C=O) groups is 4. The highest BCUT2D eigenvalue weighted by molar-refractivity contribution is 5.88. The molecular weight excluding hydrogens is 428 g/mol. The van der Waals surface area contributed by atoms with Crippen LogP contribution in [0.5, 0.6) is 0 Å². The van der Waals surface area contributed by atoms with Crippen LogP contribution in [0.1, 0.15) is 29.9 Å². The van der Waals surface area contributed by atoms with Crippen molar-refractivity contribution < 1.29 is 33.8 Å². The minimum absolute atomic E-state index is 0.0533. The predicted molar refractivity (Wildman–Crippen MR) is 119 cm³/mol. The van der Waals surface area contributed by atoms with Crippen molar-refractivity contribution in [1.29, 1.82) is 0 Å². The van der Waals surface area contributed by atoms with Gasteiger partial charge in [0.15, 0.2) is 0 Å². The summed E-state index contributed by atoms with van der Waals surface area (Å²) >= 11 is 0. The van der Waals surface area contributed by atoms with Crippen molar-refractivity contribution in [3.63, 3.8) is 0 Å². The Morgan fingerprint density at radius 2 is 1.61 bits per heavy atom. The first-order chi connectivity index (χ1) is 15.8. The van der Waals surface area contributed by atoms with E-state index in [4.69, 9.17) is 9.84 Å². The summed E-state index contributed by atoms with van der Waals surface area (Å²) in [5.41, 5.74) is 4.26. The van der Waals surface area contributed by atoms with Gasteiger partial charge in [0.05, 0.1) is 7.11 Å². The first-order valence-corrected chi connectivity index (χ1v) is 10.5. The first kappa shape index (κ1) is 23.8. The molecule has 0 radical (unpaired) electrons. The van der Waals surface area contributed by atoms with Crippen LogP contribution < -0.4 is 5.32 Å². The molecule has 0 heterocycles. The largest absolute Gasteiger partial charge is 0.481 e. The number of nitrogens with zero attached hydrogens (tertiary/aromatic N) is 1. The zero-order chi connectivity index (χ0) is 24.0. The summed E-state index contributed by atoms with van der Waals surface area (Å²) in [6.45, 7) is -0.275. The van der Waals surface area contributed by atoms with Gasteiger partial charge < -0.3 is 24.8 Å². The van der Waals surface area contributed by atoms with E-state index in [1.807, 2.05) is 48.5 Å². The zero-order valence-electron chi connectivity index (χ0n) is 18.4.